The van der Waals surface area contributed by atoms with Gasteiger partial charge in [0.25, 0.3) is 0 Å². The molecular weight excluding hydrogens is 587 g/mol. The number of esters is 1. The highest BCUT2D eigenvalue weighted by Gasteiger charge is 2.43. The van der Waals surface area contributed by atoms with E-state index in [0.29, 0.717) is 61.0 Å². The summed E-state index contributed by atoms with van der Waals surface area (Å²) in [5.41, 5.74) is 2.02. The largest absolute Gasteiger partial charge is 0.481 e. The Morgan fingerprint density at radius 2 is 2.12 bits per heavy atom. The molecular formula is C28H28ClFN6O5S. The number of amidine groups is 1. The average molecular weight is 615 g/mol. The maximum Gasteiger partial charge on any atom is 0.338 e. The van der Waals surface area contributed by atoms with Crippen LogP contribution in [0, 0.1) is 11.7 Å². The first-order valence-corrected chi connectivity index (χ1v) is 14.8. The number of nitrogens with zero attached hydrogens (tertiary/aromatic N) is 5. The first kappa shape index (κ1) is 28.2. The number of aliphatic carboxylic acids is 1. The second-order valence-electron chi connectivity index (χ2n) is 10.5. The van der Waals surface area contributed by atoms with Crippen LogP contribution in [0.4, 0.5) is 9.18 Å². The Morgan fingerprint density at radius 3 is 2.81 bits per heavy atom. The van der Waals surface area contributed by atoms with E-state index in [4.69, 9.17) is 21.3 Å². The summed E-state index contributed by atoms with van der Waals surface area (Å²) < 4.78 is 19.1. The number of halogens is 2. The molecule has 2 amide bonds. The lowest BCUT2D eigenvalue weighted by atomic mass is 9.95. The van der Waals surface area contributed by atoms with E-state index >= 15 is 0 Å². The van der Waals surface area contributed by atoms with Gasteiger partial charge in [0, 0.05) is 53.2 Å². The standard InChI is InChI=1S/C28H28ClFN6O5S/c1-41-27(39)22-21(32-24(25-31-6-9-42-25)33-23(22)19-5-3-16(30)11-20(19)29)14-34-7-8-35-18(12-34)13-36(28(35)40)17-4-2-15(10-17)26(37)38/h3,5-6,9,11-12,15,17,23H,2,4,7-8,10,13-14H2,1H3,(H,32,33)(H,37,38)/t15-,17-,23?/m1/s1. The molecule has 4 aliphatic rings. The summed E-state index contributed by atoms with van der Waals surface area (Å²) in [6.45, 7) is 1.59. The van der Waals surface area contributed by atoms with Crippen LogP contribution in [-0.2, 0) is 14.3 Å². The van der Waals surface area contributed by atoms with E-state index in [1.807, 2.05) is 16.5 Å². The summed E-state index contributed by atoms with van der Waals surface area (Å²) in [6, 6.07) is 2.88. The van der Waals surface area contributed by atoms with Crippen LogP contribution < -0.4 is 5.32 Å². The zero-order chi connectivity index (χ0) is 29.5. The van der Waals surface area contributed by atoms with Gasteiger partial charge in [-0.2, -0.15) is 0 Å². The highest BCUT2D eigenvalue weighted by Crippen LogP contribution is 2.38. The summed E-state index contributed by atoms with van der Waals surface area (Å²) in [6.07, 6.45) is 5.24. The number of benzene rings is 1. The topological polar surface area (TPSA) is 128 Å². The van der Waals surface area contributed by atoms with Gasteiger partial charge in [-0.15, -0.1) is 11.3 Å². The molecule has 11 nitrogen and oxygen atoms in total. The smallest absolute Gasteiger partial charge is 0.338 e. The lowest BCUT2D eigenvalue weighted by Gasteiger charge is -2.34. The first-order chi connectivity index (χ1) is 20.2. The Hall–Kier alpha value is -3.97. The molecule has 2 N–H and O–H groups in total. The SMILES string of the molecule is COC(=O)C1=C(CN2C=C3CN([C@@H]4CC[C@@H](C(=O)O)C4)C(=O)N3CC2)NC(c2nccs2)=NC1c1ccc(F)cc1Cl. The third-order valence-corrected chi connectivity index (χ3v) is 9.18. The Balaban J connectivity index is 1.31. The molecule has 1 unspecified atom stereocenters. The van der Waals surface area contributed by atoms with Crippen molar-refractivity contribution in [2.24, 2.45) is 10.9 Å². The minimum absolute atomic E-state index is 0.105. The molecule has 1 saturated carbocycles. The summed E-state index contributed by atoms with van der Waals surface area (Å²) in [5, 5.41) is 15.2. The Labute approximate surface area is 249 Å². The van der Waals surface area contributed by atoms with E-state index in [-0.39, 0.29) is 29.2 Å². The molecule has 6 rings (SSSR count). The van der Waals surface area contributed by atoms with Crippen molar-refractivity contribution >= 4 is 46.7 Å². The Kier molecular flexibility index (Phi) is 7.62. The van der Waals surface area contributed by atoms with Crippen LogP contribution in [0.2, 0.25) is 5.02 Å². The molecule has 0 radical (unpaired) electrons. The number of amides is 2. The molecule has 1 aromatic carbocycles. The summed E-state index contributed by atoms with van der Waals surface area (Å²) in [7, 11) is 1.29. The van der Waals surface area contributed by atoms with Crippen molar-refractivity contribution in [3.63, 3.8) is 0 Å². The van der Waals surface area contributed by atoms with Gasteiger partial charge in [0.15, 0.2) is 10.8 Å². The number of carboxylic acids is 1. The van der Waals surface area contributed by atoms with Crippen LogP contribution in [0.1, 0.15) is 35.9 Å². The van der Waals surface area contributed by atoms with E-state index < -0.39 is 29.7 Å². The molecule has 220 valence electrons. The number of ether oxygens (including phenoxy) is 1. The fraction of sp³-hybridized carbons (Fsp3) is 0.393. The molecule has 2 fully saturated rings. The average Bonchev–Trinajstić information content (AvgIpc) is 3.73. The number of hydrogen-bond donors (Lipinski definition) is 2. The summed E-state index contributed by atoms with van der Waals surface area (Å²) in [5.74, 6) is -1.91. The third-order valence-electron chi connectivity index (χ3n) is 8.08. The number of methoxy groups -OCH3 is 1. The highest BCUT2D eigenvalue weighted by atomic mass is 35.5. The van der Waals surface area contributed by atoms with Crippen LogP contribution >= 0.6 is 22.9 Å². The van der Waals surface area contributed by atoms with Crippen LogP contribution in [-0.4, -0.2) is 87.9 Å². The number of aromatic nitrogens is 1. The molecule has 1 aromatic heterocycles. The quantitative estimate of drug-likeness (QED) is 0.453. The van der Waals surface area contributed by atoms with Crippen molar-refractivity contribution in [1.29, 1.82) is 0 Å². The molecule has 2 aromatic rings. The number of carbonyl (C=O) groups excluding carboxylic acids is 2. The molecule has 4 heterocycles. The van der Waals surface area contributed by atoms with Crippen molar-refractivity contribution < 1.29 is 28.6 Å². The number of fused-ring (bicyclic) bond motifs is 1. The van der Waals surface area contributed by atoms with E-state index in [0.717, 1.165) is 5.70 Å². The maximum atomic E-state index is 13.9. The van der Waals surface area contributed by atoms with Gasteiger partial charge in [-0.05, 0) is 31.4 Å². The molecule has 3 aliphatic heterocycles. The number of hydrogen-bond acceptors (Lipinski definition) is 9. The lowest BCUT2D eigenvalue weighted by molar-refractivity contribution is -0.141. The van der Waals surface area contributed by atoms with Gasteiger partial charge >= 0.3 is 18.0 Å². The van der Waals surface area contributed by atoms with Gasteiger partial charge in [0.05, 0.1) is 37.4 Å². The summed E-state index contributed by atoms with van der Waals surface area (Å²) >= 11 is 7.82. The number of nitrogens with one attached hydrogen (secondary N) is 1. The number of aliphatic imine (C=N–C) groups is 1. The number of carboxylic acid groups (broad SMARTS) is 1. The second-order valence-corrected chi connectivity index (χ2v) is 11.8. The second kappa shape index (κ2) is 11.4. The number of urea groups is 1. The van der Waals surface area contributed by atoms with Crippen molar-refractivity contribution in [3.05, 3.63) is 74.4 Å². The summed E-state index contributed by atoms with van der Waals surface area (Å²) in [4.78, 5) is 52.5. The minimum atomic E-state index is -0.872. The van der Waals surface area contributed by atoms with Gasteiger partial charge in [-0.1, -0.05) is 17.7 Å². The number of rotatable bonds is 7. The fourth-order valence-electron chi connectivity index (χ4n) is 6.01. The van der Waals surface area contributed by atoms with Gasteiger partial charge in [0.1, 0.15) is 11.9 Å². The zero-order valence-corrected chi connectivity index (χ0v) is 24.2. The molecule has 1 saturated heterocycles. The minimum Gasteiger partial charge on any atom is -0.481 e. The predicted octanol–water partition coefficient (Wildman–Crippen LogP) is 3.60. The normalized spacial score (nSPS) is 23.9. The first-order valence-electron chi connectivity index (χ1n) is 13.5. The van der Waals surface area contributed by atoms with Crippen molar-refractivity contribution in [2.45, 2.75) is 31.3 Å². The van der Waals surface area contributed by atoms with Crippen molar-refractivity contribution in [1.82, 2.24) is 25.0 Å². The predicted molar refractivity (Wildman–Crippen MR) is 152 cm³/mol. The third kappa shape index (κ3) is 5.22. The molecule has 0 bridgehead atoms. The van der Waals surface area contributed by atoms with E-state index in [9.17, 15) is 23.9 Å². The van der Waals surface area contributed by atoms with Gasteiger partial charge in [-0.25, -0.2) is 19.0 Å². The van der Waals surface area contributed by atoms with E-state index in [1.54, 1.807) is 16.0 Å². The van der Waals surface area contributed by atoms with Crippen molar-refractivity contribution in [3.8, 4) is 0 Å². The van der Waals surface area contributed by atoms with Crippen LogP contribution in [0.15, 0.2) is 57.9 Å². The molecule has 1 aliphatic carbocycles. The number of thiazole rings is 1. The van der Waals surface area contributed by atoms with Gasteiger partial charge < -0.3 is 25.0 Å². The van der Waals surface area contributed by atoms with E-state index in [1.165, 1.54) is 36.6 Å². The highest BCUT2D eigenvalue weighted by molar-refractivity contribution is 7.11. The van der Waals surface area contributed by atoms with E-state index in [2.05, 4.69) is 10.3 Å². The Morgan fingerprint density at radius 1 is 1.29 bits per heavy atom. The van der Waals surface area contributed by atoms with Crippen molar-refractivity contribution in [2.75, 3.05) is 33.3 Å². The number of carbonyl (C=O) groups is 3. The lowest BCUT2D eigenvalue weighted by Crippen LogP contribution is -2.44. The molecule has 14 heteroatoms. The van der Waals surface area contributed by atoms with Crippen LogP contribution in [0.3, 0.4) is 0 Å². The fourth-order valence-corrected chi connectivity index (χ4v) is 6.86. The molecule has 3 atom stereocenters. The van der Waals surface area contributed by atoms with Gasteiger partial charge in [-0.3, -0.25) is 14.7 Å². The van der Waals surface area contributed by atoms with Gasteiger partial charge in [0.2, 0.25) is 0 Å². The van der Waals surface area contributed by atoms with Crippen LogP contribution in [0.25, 0.3) is 0 Å². The van der Waals surface area contributed by atoms with Crippen LogP contribution in [0.5, 0.6) is 0 Å². The molecule has 42 heavy (non-hydrogen) atoms. The molecule has 0 spiro atoms. The Bertz CT molecular complexity index is 1530. The zero-order valence-electron chi connectivity index (χ0n) is 22.6. The maximum absolute atomic E-state index is 13.9. The monoisotopic (exact) mass is 614 g/mol.